The van der Waals surface area contributed by atoms with Crippen LogP contribution in [0.4, 0.5) is 0 Å². The SMILES string of the molecule is CCOC(=O)CCCN1C=COC(C2CCC=CC2=O)=C1. The van der Waals surface area contributed by atoms with Gasteiger partial charge < -0.3 is 14.4 Å². The van der Waals surface area contributed by atoms with Crippen molar-refractivity contribution in [2.24, 2.45) is 5.92 Å². The average Bonchev–Trinajstić information content (AvgIpc) is 2.48. The van der Waals surface area contributed by atoms with Gasteiger partial charge in [-0.25, -0.2) is 0 Å². The van der Waals surface area contributed by atoms with Gasteiger partial charge in [0.2, 0.25) is 0 Å². The zero-order valence-corrected chi connectivity index (χ0v) is 12.3. The predicted molar refractivity (Wildman–Crippen MR) is 77.8 cm³/mol. The quantitative estimate of drug-likeness (QED) is 0.704. The molecule has 114 valence electrons. The van der Waals surface area contributed by atoms with Crippen LogP contribution in [0.25, 0.3) is 0 Å². The average molecular weight is 291 g/mol. The maximum absolute atomic E-state index is 11.9. The Hall–Kier alpha value is -2.04. The van der Waals surface area contributed by atoms with Gasteiger partial charge in [0.1, 0.15) is 12.0 Å². The van der Waals surface area contributed by atoms with Crippen LogP contribution in [0.1, 0.15) is 32.6 Å². The molecule has 0 saturated heterocycles. The van der Waals surface area contributed by atoms with Gasteiger partial charge in [0.15, 0.2) is 5.78 Å². The van der Waals surface area contributed by atoms with E-state index < -0.39 is 0 Å². The number of ketones is 1. The Balaban J connectivity index is 1.85. The molecule has 0 spiro atoms. The van der Waals surface area contributed by atoms with Crippen LogP contribution >= 0.6 is 0 Å². The molecule has 1 heterocycles. The van der Waals surface area contributed by atoms with E-state index in [0.29, 0.717) is 31.8 Å². The Morgan fingerprint density at radius 1 is 1.52 bits per heavy atom. The lowest BCUT2D eigenvalue weighted by Crippen LogP contribution is -2.24. The maximum atomic E-state index is 11.9. The van der Waals surface area contributed by atoms with Crippen LogP contribution in [0.15, 0.2) is 36.6 Å². The second-order valence-electron chi connectivity index (χ2n) is 5.02. The molecule has 1 unspecified atom stereocenters. The van der Waals surface area contributed by atoms with Crippen molar-refractivity contribution < 1.29 is 19.1 Å². The number of esters is 1. The zero-order chi connectivity index (χ0) is 15.1. The number of rotatable bonds is 6. The lowest BCUT2D eigenvalue weighted by atomic mass is 9.91. The van der Waals surface area contributed by atoms with Gasteiger partial charge in [-0.15, -0.1) is 0 Å². The summed E-state index contributed by atoms with van der Waals surface area (Å²) in [5.74, 6) is 0.413. The molecule has 0 aromatic carbocycles. The maximum Gasteiger partial charge on any atom is 0.305 e. The van der Waals surface area contributed by atoms with Crippen molar-refractivity contribution in [3.8, 4) is 0 Å². The summed E-state index contributed by atoms with van der Waals surface area (Å²) in [6, 6.07) is 0. The lowest BCUT2D eigenvalue weighted by molar-refractivity contribution is -0.143. The van der Waals surface area contributed by atoms with Crippen molar-refractivity contribution >= 4 is 11.8 Å². The Labute approximate surface area is 124 Å². The molecule has 1 aliphatic carbocycles. The number of ether oxygens (including phenoxy) is 2. The summed E-state index contributed by atoms with van der Waals surface area (Å²) >= 11 is 0. The molecule has 21 heavy (non-hydrogen) atoms. The normalized spacial score (nSPS) is 21.0. The minimum Gasteiger partial charge on any atom is -0.466 e. The summed E-state index contributed by atoms with van der Waals surface area (Å²) in [7, 11) is 0. The zero-order valence-electron chi connectivity index (χ0n) is 12.3. The second-order valence-corrected chi connectivity index (χ2v) is 5.02. The van der Waals surface area contributed by atoms with E-state index in [-0.39, 0.29) is 17.7 Å². The highest BCUT2D eigenvalue weighted by Gasteiger charge is 2.25. The van der Waals surface area contributed by atoms with Crippen LogP contribution in [0.3, 0.4) is 0 Å². The third-order valence-corrected chi connectivity index (χ3v) is 3.44. The summed E-state index contributed by atoms with van der Waals surface area (Å²) in [5.41, 5.74) is 0. The van der Waals surface area contributed by atoms with E-state index in [1.165, 1.54) is 0 Å². The Bertz CT molecular complexity index is 479. The number of carbonyl (C=O) groups is 2. The Morgan fingerprint density at radius 3 is 3.14 bits per heavy atom. The van der Waals surface area contributed by atoms with Crippen LogP contribution in [0.2, 0.25) is 0 Å². The van der Waals surface area contributed by atoms with E-state index in [9.17, 15) is 9.59 Å². The number of nitrogens with zero attached hydrogens (tertiary/aromatic N) is 1. The molecule has 5 nitrogen and oxygen atoms in total. The smallest absolute Gasteiger partial charge is 0.305 e. The summed E-state index contributed by atoms with van der Waals surface area (Å²) in [5, 5.41) is 0. The Morgan fingerprint density at radius 2 is 2.38 bits per heavy atom. The fraction of sp³-hybridized carbons (Fsp3) is 0.500. The fourth-order valence-electron chi connectivity index (χ4n) is 2.38. The first-order chi connectivity index (χ1) is 10.2. The molecule has 0 amide bonds. The van der Waals surface area contributed by atoms with E-state index in [0.717, 1.165) is 12.8 Å². The number of allylic oxidation sites excluding steroid dienone is 3. The molecular formula is C16H21NO4. The Kier molecular flexibility index (Phi) is 5.60. The van der Waals surface area contributed by atoms with Gasteiger partial charge >= 0.3 is 5.97 Å². The van der Waals surface area contributed by atoms with Gasteiger partial charge in [-0.2, -0.15) is 0 Å². The minimum atomic E-state index is -0.187. The van der Waals surface area contributed by atoms with Crippen LogP contribution in [0, 0.1) is 5.92 Å². The lowest BCUT2D eigenvalue weighted by Gasteiger charge is -2.25. The molecule has 0 radical (unpaired) electrons. The molecule has 0 N–H and O–H groups in total. The highest BCUT2D eigenvalue weighted by molar-refractivity contribution is 5.94. The molecule has 1 aliphatic heterocycles. The van der Waals surface area contributed by atoms with Crippen molar-refractivity contribution in [3.05, 3.63) is 36.6 Å². The van der Waals surface area contributed by atoms with Gasteiger partial charge in [-0.1, -0.05) is 6.08 Å². The number of hydrogen-bond donors (Lipinski definition) is 0. The van der Waals surface area contributed by atoms with Crippen LogP contribution in [0.5, 0.6) is 0 Å². The second kappa shape index (κ2) is 7.67. The summed E-state index contributed by atoms with van der Waals surface area (Å²) in [4.78, 5) is 25.1. The minimum absolute atomic E-state index is 0.0919. The van der Waals surface area contributed by atoms with Crippen molar-refractivity contribution in [1.82, 2.24) is 4.90 Å². The van der Waals surface area contributed by atoms with E-state index >= 15 is 0 Å². The van der Waals surface area contributed by atoms with Crippen molar-refractivity contribution in [2.75, 3.05) is 13.2 Å². The molecule has 0 aromatic heterocycles. The first kappa shape index (κ1) is 15.4. The predicted octanol–water partition coefficient (Wildman–Crippen LogP) is 2.51. The molecule has 5 heteroatoms. The molecule has 0 aromatic rings. The van der Waals surface area contributed by atoms with Crippen LogP contribution in [-0.2, 0) is 19.1 Å². The summed E-state index contributed by atoms with van der Waals surface area (Å²) in [6.07, 6.45) is 11.5. The van der Waals surface area contributed by atoms with Gasteiger partial charge in [0.05, 0.1) is 12.5 Å². The van der Waals surface area contributed by atoms with Gasteiger partial charge in [-0.05, 0) is 32.3 Å². The van der Waals surface area contributed by atoms with Crippen LogP contribution in [-0.4, -0.2) is 29.8 Å². The van der Waals surface area contributed by atoms with E-state index in [4.69, 9.17) is 9.47 Å². The first-order valence-corrected chi connectivity index (χ1v) is 7.37. The highest BCUT2D eigenvalue weighted by Crippen LogP contribution is 2.26. The number of hydrogen-bond acceptors (Lipinski definition) is 5. The molecule has 0 bridgehead atoms. The summed E-state index contributed by atoms with van der Waals surface area (Å²) < 4.78 is 10.4. The fourth-order valence-corrected chi connectivity index (χ4v) is 2.38. The third-order valence-electron chi connectivity index (χ3n) is 3.44. The van der Waals surface area contributed by atoms with Gasteiger partial charge in [0.25, 0.3) is 0 Å². The molecule has 0 saturated carbocycles. The summed E-state index contributed by atoms with van der Waals surface area (Å²) in [6.45, 7) is 2.91. The van der Waals surface area contributed by atoms with Crippen molar-refractivity contribution in [1.29, 1.82) is 0 Å². The van der Waals surface area contributed by atoms with Crippen LogP contribution < -0.4 is 0 Å². The number of carbonyl (C=O) groups excluding carboxylic acids is 2. The van der Waals surface area contributed by atoms with Gasteiger partial charge in [-0.3, -0.25) is 9.59 Å². The van der Waals surface area contributed by atoms with E-state index in [1.54, 1.807) is 25.5 Å². The molecule has 1 atom stereocenters. The van der Waals surface area contributed by atoms with Crippen molar-refractivity contribution in [3.63, 3.8) is 0 Å². The molecule has 2 rings (SSSR count). The topological polar surface area (TPSA) is 55.8 Å². The monoisotopic (exact) mass is 291 g/mol. The molecule has 2 aliphatic rings. The third kappa shape index (κ3) is 4.48. The first-order valence-electron chi connectivity index (χ1n) is 7.37. The van der Waals surface area contributed by atoms with E-state index in [2.05, 4.69) is 0 Å². The van der Waals surface area contributed by atoms with Crippen molar-refractivity contribution in [2.45, 2.75) is 32.6 Å². The van der Waals surface area contributed by atoms with E-state index in [1.807, 2.05) is 17.2 Å². The molecular weight excluding hydrogens is 270 g/mol. The van der Waals surface area contributed by atoms with Gasteiger partial charge in [0, 0.05) is 25.4 Å². The highest BCUT2D eigenvalue weighted by atomic mass is 16.5. The largest absolute Gasteiger partial charge is 0.466 e. The molecule has 0 fully saturated rings. The standard InChI is InChI=1S/C16H21NO4/c1-2-20-16(19)8-5-9-17-10-11-21-15(12-17)13-6-3-4-7-14(13)18/h4,7,10-13H,2-3,5-6,8-9H2,1H3.